The second kappa shape index (κ2) is 6.17. The van der Waals surface area contributed by atoms with Gasteiger partial charge in [-0.3, -0.25) is 0 Å². The van der Waals surface area contributed by atoms with Gasteiger partial charge in [-0.05, 0) is 0 Å². The van der Waals surface area contributed by atoms with Gasteiger partial charge >= 0.3 is 129 Å². The normalized spacial score (nSPS) is 14.6. The molecule has 0 bridgehead atoms. The minimum atomic E-state index is -1.17. The van der Waals surface area contributed by atoms with Crippen molar-refractivity contribution >= 4 is 44.4 Å². The summed E-state index contributed by atoms with van der Waals surface area (Å²) in [6.07, 6.45) is 0. The molecule has 1 radical (unpaired) electrons. The number of hydrogen-bond acceptors (Lipinski definition) is 0. The van der Waals surface area contributed by atoms with Crippen molar-refractivity contribution in [2.24, 2.45) is 0 Å². The van der Waals surface area contributed by atoms with E-state index < -0.39 is 30.5 Å². The molecule has 0 amide bonds. The molecule has 1 rings (SSSR count). The van der Waals surface area contributed by atoms with E-state index in [-0.39, 0.29) is 0 Å². The van der Waals surface area contributed by atoms with Crippen LogP contribution in [0.3, 0.4) is 0 Å². The zero-order valence-electron chi connectivity index (χ0n) is 13.9. The van der Waals surface area contributed by atoms with E-state index in [1.807, 2.05) is 0 Å². The van der Waals surface area contributed by atoms with Crippen LogP contribution in [0.1, 0.15) is 0 Å². The van der Waals surface area contributed by atoms with Gasteiger partial charge in [-0.15, -0.1) is 0 Å². The van der Waals surface area contributed by atoms with Crippen molar-refractivity contribution in [2.45, 2.75) is 54.0 Å². The molecule has 0 spiro atoms. The average Bonchev–Trinajstić information content (AvgIpc) is 2.23. The Morgan fingerprint density at radius 2 is 1.26 bits per heavy atom. The first-order valence-corrected chi connectivity index (χ1v) is 20.4. The van der Waals surface area contributed by atoms with Crippen LogP contribution >= 0.6 is 8.58 Å². The van der Waals surface area contributed by atoms with Crippen LogP contribution in [0.2, 0.25) is 50.8 Å². The molecule has 0 aromatic heterocycles. The fourth-order valence-electron chi connectivity index (χ4n) is 3.86. The van der Waals surface area contributed by atoms with Crippen molar-refractivity contribution in [1.29, 1.82) is 0 Å². The third-order valence-corrected chi connectivity index (χ3v) is 40.5. The molecule has 0 aliphatic carbocycles. The second-order valence-electron chi connectivity index (χ2n) is 7.74. The van der Waals surface area contributed by atoms with Gasteiger partial charge in [0.15, 0.2) is 0 Å². The molecule has 0 fully saturated rings. The quantitative estimate of drug-likeness (QED) is 0.517. The van der Waals surface area contributed by atoms with Crippen LogP contribution in [-0.2, 0) is 0 Å². The topological polar surface area (TPSA) is 0 Å². The fourth-order valence-corrected chi connectivity index (χ4v) is 42.1. The molecule has 4 heteroatoms. The standard InChI is InChI=1S/C15H30GePSi2/c1-16(2)15(18(3,4)5,19(6,7)8)17-14-12-10-9-11-13-14/h9-13,17H,1-8H3. The molecule has 0 N–H and O–H groups in total. The Morgan fingerprint density at radius 3 is 1.58 bits per heavy atom. The zero-order chi connectivity index (χ0) is 14.9. The molecule has 0 aliphatic heterocycles. The maximum atomic E-state index is 2.63. The monoisotopic (exact) mass is 371 g/mol. The SMILES string of the molecule is [CH3][Ge]([CH3])[C](Pc1ccccc1)([Si](C)(C)C)[Si](C)(C)C. The van der Waals surface area contributed by atoms with E-state index in [2.05, 4.69) is 81.1 Å². The van der Waals surface area contributed by atoms with Crippen molar-refractivity contribution in [3.05, 3.63) is 30.3 Å². The van der Waals surface area contributed by atoms with Gasteiger partial charge in [0, 0.05) is 0 Å². The summed E-state index contributed by atoms with van der Waals surface area (Å²) in [5.74, 6) is 5.26. The number of hydrogen-bond donors (Lipinski definition) is 0. The first-order valence-electron chi connectivity index (χ1n) is 7.16. The predicted molar refractivity (Wildman–Crippen MR) is 101 cm³/mol. The number of rotatable bonds is 5. The Bertz CT molecular complexity index is 390. The Morgan fingerprint density at radius 1 is 0.842 bits per heavy atom. The molecule has 0 heterocycles. The van der Waals surface area contributed by atoms with Crippen molar-refractivity contribution in [2.75, 3.05) is 0 Å². The maximum absolute atomic E-state index is 2.63. The van der Waals surface area contributed by atoms with E-state index in [4.69, 9.17) is 0 Å². The van der Waals surface area contributed by atoms with E-state index in [1.165, 1.54) is 0 Å². The first-order chi connectivity index (χ1) is 8.52. The second-order valence-corrected chi connectivity index (χ2v) is 30.2. The first kappa shape index (κ1) is 17.7. The van der Waals surface area contributed by atoms with Crippen molar-refractivity contribution < 1.29 is 0 Å². The van der Waals surface area contributed by atoms with Crippen LogP contribution in [0.15, 0.2) is 30.3 Å². The van der Waals surface area contributed by atoms with E-state index in [0.717, 1.165) is 11.8 Å². The van der Waals surface area contributed by atoms with Gasteiger partial charge in [-0.25, -0.2) is 0 Å². The Labute approximate surface area is 128 Å². The van der Waals surface area contributed by atoms with Gasteiger partial charge in [0.05, 0.1) is 0 Å². The molecule has 1 atom stereocenters. The van der Waals surface area contributed by atoms with Crippen molar-refractivity contribution in [3.63, 3.8) is 0 Å². The van der Waals surface area contributed by atoms with Crippen molar-refractivity contribution in [3.8, 4) is 0 Å². The Hall–Kier alpha value is 0.627. The Kier molecular flexibility index (Phi) is 5.74. The van der Waals surface area contributed by atoms with E-state index in [0.29, 0.717) is 0 Å². The molecule has 0 saturated carbocycles. The summed E-state index contributed by atoms with van der Waals surface area (Å²) in [6.45, 7) is 15.8. The Balaban J connectivity index is 3.34. The number of benzene rings is 1. The molecule has 0 nitrogen and oxygen atoms in total. The summed E-state index contributed by atoms with van der Waals surface area (Å²) in [5, 5.41) is 1.60. The zero-order valence-corrected chi connectivity index (χ0v) is 19.0. The van der Waals surface area contributed by atoms with Gasteiger partial charge in [0.1, 0.15) is 0 Å². The van der Waals surface area contributed by atoms with Crippen LogP contribution in [0.4, 0.5) is 0 Å². The van der Waals surface area contributed by atoms with E-state index in [1.54, 1.807) is 5.30 Å². The third-order valence-electron chi connectivity index (χ3n) is 4.11. The summed E-state index contributed by atoms with van der Waals surface area (Å²) >= 11 is -1.00. The third kappa shape index (κ3) is 3.64. The molecule has 19 heavy (non-hydrogen) atoms. The minimum absolute atomic E-state index is 0.751. The summed E-state index contributed by atoms with van der Waals surface area (Å²) < 4.78 is 0.751. The molecule has 0 aliphatic rings. The van der Waals surface area contributed by atoms with E-state index >= 15 is 0 Å². The summed E-state index contributed by atoms with van der Waals surface area (Å²) in [4.78, 5) is 0. The van der Waals surface area contributed by atoms with Crippen molar-refractivity contribution in [1.82, 2.24) is 0 Å². The molecule has 1 unspecified atom stereocenters. The molecule has 107 valence electrons. The van der Waals surface area contributed by atoms with Crippen LogP contribution in [0, 0.1) is 0 Å². The van der Waals surface area contributed by atoms with Gasteiger partial charge in [-0.1, -0.05) is 0 Å². The molecule has 1 aromatic carbocycles. The molecular weight excluding hydrogens is 340 g/mol. The van der Waals surface area contributed by atoms with Gasteiger partial charge in [-0.2, -0.15) is 0 Å². The molecule has 0 saturated heterocycles. The fraction of sp³-hybridized carbons (Fsp3) is 0.600. The summed E-state index contributed by atoms with van der Waals surface area (Å²) in [7, 11) is -1.29. The van der Waals surface area contributed by atoms with Crippen LogP contribution < -0.4 is 5.30 Å². The van der Waals surface area contributed by atoms with Crippen LogP contribution in [0.5, 0.6) is 0 Å². The van der Waals surface area contributed by atoms with Crippen LogP contribution in [-0.4, -0.2) is 33.7 Å². The van der Waals surface area contributed by atoms with E-state index in [9.17, 15) is 0 Å². The molecular formula is C15H30GePSi2. The van der Waals surface area contributed by atoms with Gasteiger partial charge in [0.25, 0.3) is 0 Å². The van der Waals surface area contributed by atoms with Crippen LogP contribution in [0.25, 0.3) is 0 Å². The van der Waals surface area contributed by atoms with Gasteiger partial charge < -0.3 is 0 Å². The predicted octanol–water partition coefficient (Wildman–Crippen LogP) is 4.78. The summed E-state index contributed by atoms with van der Waals surface area (Å²) in [5.41, 5.74) is 0. The molecule has 1 aromatic rings. The average molecular weight is 370 g/mol. The summed E-state index contributed by atoms with van der Waals surface area (Å²) in [6, 6.07) is 11.3. The van der Waals surface area contributed by atoms with Gasteiger partial charge in [0.2, 0.25) is 0 Å².